The van der Waals surface area contributed by atoms with Crippen molar-refractivity contribution in [2.75, 3.05) is 12.0 Å². The molecule has 0 saturated heterocycles. The van der Waals surface area contributed by atoms with Gasteiger partial charge in [0.15, 0.2) is 0 Å². The van der Waals surface area contributed by atoms with Crippen LogP contribution in [0, 0.1) is 6.07 Å². The number of hydrogen-bond donors (Lipinski definition) is 2. The Morgan fingerprint density at radius 2 is 2.36 bits per heavy atom. The molecule has 0 unspecified atom stereocenters. The number of amides is 1. The lowest BCUT2D eigenvalue weighted by Gasteiger charge is -2.17. The molecule has 1 heterocycles. The van der Waals surface area contributed by atoms with Crippen LogP contribution in [0.3, 0.4) is 0 Å². The average molecular weight is 147 g/mol. The molecule has 55 valence electrons. The Hall–Kier alpha value is -1.51. The first kappa shape index (κ1) is 6.22. The largest absolute Gasteiger partial charge is 0.367 e. The lowest BCUT2D eigenvalue weighted by molar-refractivity contribution is 0.0953. The van der Waals surface area contributed by atoms with E-state index in [1.54, 1.807) is 18.2 Å². The fraction of sp³-hybridized carbons (Fsp3) is 0.125. The molecule has 0 spiro atoms. The van der Waals surface area contributed by atoms with Gasteiger partial charge in [-0.05, 0) is 18.2 Å². The normalized spacial score (nSPS) is 14.7. The molecule has 1 aromatic carbocycles. The monoisotopic (exact) mass is 147 g/mol. The average Bonchev–Trinajstić information content (AvgIpc) is 2.06. The predicted molar refractivity (Wildman–Crippen MR) is 41.2 cm³/mol. The highest BCUT2D eigenvalue weighted by molar-refractivity contribution is 6.01. The summed E-state index contributed by atoms with van der Waals surface area (Å²) < 4.78 is 0. The van der Waals surface area contributed by atoms with E-state index in [0.29, 0.717) is 12.2 Å². The van der Waals surface area contributed by atoms with Crippen LogP contribution < -0.4 is 10.6 Å². The number of fused-ring (bicyclic) bond motifs is 1. The zero-order chi connectivity index (χ0) is 7.68. The van der Waals surface area contributed by atoms with Crippen molar-refractivity contribution in [2.24, 2.45) is 0 Å². The van der Waals surface area contributed by atoms with Gasteiger partial charge in [-0.25, -0.2) is 0 Å². The van der Waals surface area contributed by atoms with Gasteiger partial charge in [0, 0.05) is 5.69 Å². The van der Waals surface area contributed by atoms with Gasteiger partial charge in [0.05, 0.1) is 12.2 Å². The summed E-state index contributed by atoms with van der Waals surface area (Å²) in [5, 5.41) is 5.70. The Bertz CT molecular complexity index is 296. The Morgan fingerprint density at radius 3 is 3.18 bits per heavy atom. The topological polar surface area (TPSA) is 41.1 Å². The highest BCUT2D eigenvalue weighted by Gasteiger charge is 2.13. The quantitative estimate of drug-likeness (QED) is 0.564. The highest BCUT2D eigenvalue weighted by atomic mass is 16.1. The van der Waals surface area contributed by atoms with E-state index in [0.717, 1.165) is 5.69 Å². The molecule has 2 rings (SSSR count). The molecule has 1 aliphatic heterocycles. The van der Waals surface area contributed by atoms with Gasteiger partial charge in [0.1, 0.15) is 0 Å². The van der Waals surface area contributed by atoms with E-state index in [9.17, 15) is 4.79 Å². The fourth-order valence-electron chi connectivity index (χ4n) is 1.09. The van der Waals surface area contributed by atoms with Crippen molar-refractivity contribution in [1.29, 1.82) is 0 Å². The minimum absolute atomic E-state index is 0.0206. The molecule has 0 fully saturated rings. The number of nitrogens with one attached hydrogen (secondary N) is 2. The minimum Gasteiger partial charge on any atom is -0.367 e. The summed E-state index contributed by atoms with van der Waals surface area (Å²) in [4.78, 5) is 11.1. The summed E-state index contributed by atoms with van der Waals surface area (Å²) >= 11 is 0. The van der Waals surface area contributed by atoms with E-state index >= 15 is 0 Å². The van der Waals surface area contributed by atoms with Crippen LogP contribution in [0.1, 0.15) is 10.4 Å². The number of carbonyl (C=O) groups excluding carboxylic acids is 1. The van der Waals surface area contributed by atoms with Gasteiger partial charge in [0.25, 0.3) is 5.91 Å². The Kier molecular flexibility index (Phi) is 1.28. The second-order valence-corrected chi connectivity index (χ2v) is 2.33. The molecule has 3 heteroatoms. The molecule has 1 radical (unpaired) electrons. The lowest BCUT2D eigenvalue weighted by Crippen LogP contribution is -2.34. The van der Waals surface area contributed by atoms with Crippen LogP contribution in [0.4, 0.5) is 5.69 Å². The Labute approximate surface area is 64.4 Å². The van der Waals surface area contributed by atoms with Crippen LogP contribution in [0.25, 0.3) is 0 Å². The number of anilines is 1. The molecule has 0 atom stereocenters. The van der Waals surface area contributed by atoms with Crippen molar-refractivity contribution in [2.45, 2.75) is 0 Å². The maximum absolute atomic E-state index is 11.1. The van der Waals surface area contributed by atoms with Crippen LogP contribution in [-0.4, -0.2) is 12.6 Å². The van der Waals surface area contributed by atoms with Gasteiger partial charge in [-0.15, -0.1) is 0 Å². The smallest absolute Gasteiger partial charge is 0.254 e. The van der Waals surface area contributed by atoms with E-state index < -0.39 is 0 Å². The van der Waals surface area contributed by atoms with Crippen LogP contribution in [-0.2, 0) is 0 Å². The third-order valence-electron chi connectivity index (χ3n) is 1.64. The van der Waals surface area contributed by atoms with Crippen molar-refractivity contribution < 1.29 is 4.79 Å². The number of rotatable bonds is 0. The predicted octanol–water partition coefficient (Wildman–Crippen LogP) is 0.600. The third-order valence-corrected chi connectivity index (χ3v) is 1.64. The van der Waals surface area contributed by atoms with Crippen LogP contribution in [0.15, 0.2) is 18.2 Å². The first-order chi connectivity index (χ1) is 5.38. The summed E-state index contributed by atoms with van der Waals surface area (Å²) in [5.74, 6) is -0.0206. The minimum atomic E-state index is -0.0206. The SMILES string of the molecule is O=C1NCNc2c[c]ccc21. The van der Waals surface area contributed by atoms with Crippen molar-refractivity contribution in [3.8, 4) is 0 Å². The summed E-state index contributed by atoms with van der Waals surface area (Å²) in [5.41, 5.74) is 1.55. The standard InChI is InChI=1S/C8H7N2O/c11-8-6-3-1-2-4-7(6)9-5-10-8/h1,3-4,9H,5H2,(H,10,11). The lowest BCUT2D eigenvalue weighted by atomic mass is 10.1. The molecule has 0 aliphatic carbocycles. The van der Waals surface area contributed by atoms with E-state index in [1.807, 2.05) is 0 Å². The fourth-order valence-corrected chi connectivity index (χ4v) is 1.09. The van der Waals surface area contributed by atoms with E-state index in [1.165, 1.54) is 0 Å². The molecule has 11 heavy (non-hydrogen) atoms. The number of carbonyl (C=O) groups is 1. The Balaban J connectivity index is 2.52. The first-order valence-electron chi connectivity index (χ1n) is 3.40. The van der Waals surface area contributed by atoms with E-state index in [-0.39, 0.29) is 5.91 Å². The van der Waals surface area contributed by atoms with Crippen LogP contribution in [0.5, 0.6) is 0 Å². The molecular formula is C8H7N2O. The molecule has 0 bridgehead atoms. The summed E-state index contributed by atoms with van der Waals surface area (Å²) in [6.45, 7) is 0.504. The molecule has 1 amide bonds. The van der Waals surface area contributed by atoms with E-state index in [2.05, 4.69) is 16.7 Å². The van der Waals surface area contributed by atoms with Gasteiger partial charge in [-0.3, -0.25) is 4.79 Å². The zero-order valence-corrected chi connectivity index (χ0v) is 5.85. The molecule has 0 saturated carbocycles. The molecule has 3 nitrogen and oxygen atoms in total. The molecule has 1 aliphatic rings. The summed E-state index contributed by atoms with van der Waals surface area (Å²) in [6.07, 6.45) is 0. The summed E-state index contributed by atoms with van der Waals surface area (Å²) in [7, 11) is 0. The summed E-state index contributed by atoms with van der Waals surface area (Å²) in [6, 6.07) is 8.14. The Morgan fingerprint density at radius 1 is 1.45 bits per heavy atom. The maximum Gasteiger partial charge on any atom is 0.254 e. The number of hydrogen-bond acceptors (Lipinski definition) is 2. The molecular weight excluding hydrogens is 140 g/mol. The van der Waals surface area contributed by atoms with Crippen LogP contribution >= 0.6 is 0 Å². The third kappa shape index (κ3) is 0.941. The zero-order valence-electron chi connectivity index (χ0n) is 5.85. The van der Waals surface area contributed by atoms with Crippen molar-refractivity contribution >= 4 is 11.6 Å². The second-order valence-electron chi connectivity index (χ2n) is 2.33. The van der Waals surface area contributed by atoms with Crippen molar-refractivity contribution in [3.63, 3.8) is 0 Å². The molecule has 2 N–H and O–H groups in total. The maximum atomic E-state index is 11.1. The number of benzene rings is 1. The highest BCUT2D eigenvalue weighted by Crippen LogP contribution is 2.15. The van der Waals surface area contributed by atoms with Gasteiger partial charge in [-0.1, -0.05) is 6.07 Å². The van der Waals surface area contributed by atoms with Gasteiger partial charge in [-0.2, -0.15) is 0 Å². The first-order valence-corrected chi connectivity index (χ1v) is 3.40. The van der Waals surface area contributed by atoms with Gasteiger partial charge in [0.2, 0.25) is 0 Å². The second kappa shape index (κ2) is 2.27. The van der Waals surface area contributed by atoms with Crippen molar-refractivity contribution in [3.05, 3.63) is 29.8 Å². The molecule has 1 aromatic rings. The van der Waals surface area contributed by atoms with Gasteiger partial charge >= 0.3 is 0 Å². The van der Waals surface area contributed by atoms with Gasteiger partial charge < -0.3 is 10.6 Å². The van der Waals surface area contributed by atoms with Crippen LogP contribution in [0.2, 0.25) is 0 Å². The molecule has 0 aromatic heterocycles. The van der Waals surface area contributed by atoms with E-state index in [4.69, 9.17) is 0 Å². The van der Waals surface area contributed by atoms with Crippen molar-refractivity contribution in [1.82, 2.24) is 5.32 Å².